The van der Waals surface area contributed by atoms with E-state index in [2.05, 4.69) is 25.8 Å². The third kappa shape index (κ3) is 13.9. The lowest BCUT2D eigenvalue weighted by Gasteiger charge is -2.12. The van der Waals surface area contributed by atoms with Crippen molar-refractivity contribution < 1.29 is 0 Å². The molecule has 0 aliphatic carbocycles. The monoisotopic (exact) mass is 241 g/mol. The molecule has 1 nitrogen and oxygen atoms in total. The fourth-order valence-electron chi connectivity index (χ4n) is 2.20. The maximum Gasteiger partial charge on any atom is -0.00219 e. The van der Waals surface area contributed by atoms with E-state index in [0.717, 1.165) is 0 Å². The minimum Gasteiger partial charge on any atom is -0.307 e. The van der Waals surface area contributed by atoms with Crippen molar-refractivity contribution in [1.29, 1.82) is 0 Å². The molecule has 0 bridgehead atoms. The third-order valence-corrected chi connectivity index (χ3v) is 3.68. The van der Waals surface area contributed by atoms with Gasteiger partial charge in [0.25, 0.3) is 0 Å². The molecule has 0 N–H and O–H groups in total. The highest BCUT2D eigenvalue weighted by Crippen LogP contribution is 2.11. The Morgan fingerprint density at radius 1 is 0.588 bits per heavy atom. The highest BCUT2D eigenvalue weighted by Gasteiger charge is 1.95. The average molecular weight is 241 g/mol. The Labute approximate surface area is 110 Å². The molecule has 1 heteroatoms. The molecule has 0 aliphatic heterocycles. The van der Waals surface area contributed by atoms with Crippen LogP contribution in [0.3, 0.4) is 0 Å². The summed E-state index contributed by atoms with van der Waals surface area (Å²) in [7, 11) is 2.22. The van der Waals surface area contributed by atoms with E-state index in [1.54, 1.807) is 0 Å². The summed E-state index contributed by atoms with van der Waals surface area (Å²) in [5, 5.41) is 0. The van der Waals surface area contributed by atoms with Gasteiger partial charge in [0, 0.05) is 0 Å². The van der Waals surface area contributed by atoms with Crippen LogP contribution in [0.2, 0.25) is 0 Å². The van der Waals surface area contributed by atoms with Crippen molar-refractivity contribution in [1.82, 2.24) is 4.90 Å². The molecule has 0 saturated carbocycles. The predicted molar refractivity (Wildman–Crippen MR) is 79.6 cm³/mol. The van der Waals surface area contributed by atoms with Gasteiger partial charge in [0.1, 0.15) is 0 Å². The molecule has 104 valence electrons. The Balaban J connectivity index is 2.94. The van der Waals surface area contributed by atoms with E-state index in [1.165, 1.54) is 83.7 Å². The molecule has 0 aromatic carbocycles. The Kier molecular flexibility index (Phi) is 14.0. The predicted octanol–water partition coefficient (Wildman–Crippen LogP) is 5.25. The number of nitrogens with zero attached hydrogens (tertiary/aromatic N) is 1. The van der Waals surface area contributed by atoms with Crippen LogP contribution in [0.25, 0.3) is 0 Å². The second-order valence-electron chi connectivity index (χ2n) is 5.43. The topological polar surface area (TPSA) is 3.24 Å². The quantitative estimate of drug-likeness (QED) is 0.398. The van der Waals surface area contributed by atoms with Gasteiger partial charge in [-0.2, -0.15) is 0 Å². The second-order valence-corrected chi connectivity index (χ2v) is 5.43. The van der Waals surface area contributed by atoms with Gasteiger partial charge in [0.05, 0.1) is 0 Å². The summed E-state index contributed by atoms with van der Waals surface area (Å²) in [6.45, 7) is 7.00. The molecule has 0 amide bonds. The molecular formula is C16H35N. The zero-order valence-electron chi connectivity index (χ0n) is 12.6. The highest BCUT2D eigenvalue weighted by molar-refractivity contribution is 4.51. The van der Waals surface area contributed by atoms with Crippen LogP contribution in [-0.2, 0) is 0 Å². The normalized spacial score (nSPS) is 11.3. The van der Waals surface area contributed by atoms with Crippen LogP contribution >= 0.6 is 0 Å². The van der Waals surface area contributed by atoms with Gasteiger partial charge in [-0.25, -0.2) is 0 Å². The molecule has 0 atom stereocenters. The van der Waals surface area contributed by atoms with Gasteiger partial charge in [-0.15, -0.1) is 0 Å². The first-order valence-electron chi connectivity index (χ1n) is 7.99. The van der Waals surface area contributed by atoms with Crippen LogP contribution in [-0.4, -0.2) is 25.0 Å². The fourth-order valence-corrected chi connectivity index (χ4v) is 2.20. The smallest absolute Gasteiger partial charge is 0.00219 e. The maximum atomic E-state index is 2.41. The van der Waals surface area contributed by atoms with Crippen LogP contribution in [0, 0.1) is 0 Å². The van der Waals surface area contributed by atoms with Gasteiger partial charge >= 0.3 is 0 Å². The highest BCUT2D eigenvalue weighted by atomic mass is 15.1. The number of unbranched alkanes of at least 4 members (excludes halogenated alkanes) is 10. The molecule has 0 saturated heterocycles. The van der Waals surface area contributed by atoms with Crippen molar-refractivity contribution in [2.45, 2.75) is 84.5 Å². The van der Waals surface area contributed by atoms with Crippen molar-refractivity contribution in [3.63, 3.8) is 0 Å². The Morgan fingerprint density at radius 2 is 1.00 bits per heavy atom. The molecule has 17 heavy (non-hydrogen) atoms. The van der Waals surface area contributed by atoms with E-state index in [4.69, 9.17) is 0 Å². The second kappa shape index (κ2) is 14.0. The summed E-state index contributed by atoms with van der Waals surface area (Å²) in [5.74, 6) is 0. The fraction of sp³-hybridized carbons (Fsp3) is 1.00. The number of hydrogen-bond acceptors (Lipinski definition) is 1. The first-order chi connectivity index (χ1) is 8.31. The van der Waals surface area contributed by atoms with Crippen LogP contribution in [0.5, 0.6) is 0 Å². The number of rotatable bonds is 13. The van der Waals surface area contributed by atoms with Crippen molar-refractivity contribution in [2.75, 3.05) is 20.1 Å². The first kappa shape index (κ1) is 17.0. The molecule has 0 aliphatic rings. The Bertz CT molecular complexity index is 133. The minimum atomic E-state index is 1.19. The Hall–Kier alpha value is -0.0400. The first-order valence-corrected chi connectivity index (χ1v) is 7.99. The lowest BCUT2D eigenvalue weighted by molar-refractivity contribution is 0.340. The van der Waals surface area contributed by atoms with Gasteiger partial charge in [-0.3, -0.25) is 0 Å². The van der Waals surface area contributed by atoms with Gasteiger partial charge in [0.2, 0.25) is 0 Å². The zero-order valence-corrected chi connectivity index (χ0v) is 12.6. The van der Waals surface area contributed by atoms with Crippen LogP contribution in [0.4, 0.5) is 0 Å². The Morgan fingerprint density at radius 3 is 1.41 bits per heavy atom. The van der Waals surface area contributed by atoms with E-state index in [1.807, 2.05) is 0 Å². The van der Waals surface area contributed by atoms with E-state index in [9.17, 15) is 0 Å². The summed E-state index contributed by atoms with van der Waals surface area (Å²) in [6, 6.07) is 0. The summed E-state index contributed by atoms with van der Waals surface area (Å²) >= 11 is 0. The lowest BCUT2D eigenvalue weighted by atomic mass is 10.1. The van der Waals surface area contributed by atoms with E-state index < -0.39 is 0 Å². The third-order valence-electron chi connectivity index (χ3n) is 3.68. The molecule has 0 aromatic rings. The van der Waals surface area contributed by atoms with Gasteiger partial charge in [-0.1, -0.05) is 78.1 Å². The van der Waals surface area contributed by atoms with E-state index in [0.29, 0.717) is 0 Å². The lowest BCUT2D eigenvalue weighted by Crippen LogP contribution is -2.18. The van der Waals surface area contributed by atoms with Crippen molar-refractivity contribution in [3.8, 4) is 0 Å². The van der Waals surface area contributed by atoms with E-state index >= 15 is 0 Å². The van der Waals surface area contributed by atoms with Crippen LogP contribution < -0.4 is 0 Å². The SMILES string of the molecule is CCCCCCCCCCCCCN(C)CC. The van der Waals surface area contributed by atoms with Gasteiger partial charge < -0.3 is 4.90 Å². The van der Waals surface area contributed by atoms with Crippen molar-refractivity contribution >= 4 is 0 Å². The molecule has 0 fully saturated rings. The van der Waals surface area contributed by atoms with E-state index in [-0.39, 0.29) is 0 Å². The molecule has 0 unspecified atom stereocenters. The summed E-state index contributed by atoms with van der Waals surface area (Å²) in [5.41, 5.74) is 0. The average Bonchev–Trinajstić information content (AvgIpc) is 2.35. The van der Waals surface area contributed by atoms with Crippen molar-refractivity contribution in [3.05, 3.63) is 0 Å². The molecule has 0 radical (unpaired) electrons. The maximum absolute atomic E-state index is 2.41. The standard InChI is InChI=1S/C16H35N/c1-4-6-7-8-9-10-11-12-13-14-15-16-17(3)5-2/h4-16H2,1-3H3. The van der Waals surface area contributed by atoms with Gasteiger partial charge in [-0.05, 0) is 26.6 Å². The van der Waals surface area contributed by atoms with Crippen LogP contribution in [0.15, 0.2) is 0 Å². The van der Waals surface area contributed by atoms with Gasteiger partial charge in [0.15, 0.2) is 0 Å². The molecule has 0 rings (SSSR count). The molecule has 0 heterocycles. The summed E-state index contributed by atoms with van der Waals surface area (Å²) in [6.07, 6.45) is 15.9. The molecule has 0 aromatic heterocycles. The molecular weight excluding hydrogens is 206 g/mol. The van der Waals surface area contributed by atoms with Crippen molar-refractivity contribution in [2.24, 2.45) is 0 Å². The molecule has 0 spiro atoms. The summed E-state index contributed by atoms with van der Waals surface area (Å²) in [4.78, 5) is 2.41. The summed E-state index contributed by atoms with van der Waals surface area (Å²) < 4.78 is 0. The largest absolute Gasteiger partial charge is 0.307 e. The minimum absolute atomic E-state index is 1.19. The van der Waals surface area contributed by atoms with Crippen LogP contribution in [0.1, 0.15) is 84.5 Å². The zero-order chi connectivity index (χ0) is 12.8. The number of hydrogen-bond donors (Lipinski definition) is 0.